The number of amides is 2. The van der Waals surface area contributed by atoms with E-state index in [1.165, 1.54) is 4.68 Å². The van der Waals surface area contributed by atoms with Gasteiger partial charge in [0.05, 0.1) is 13.5 Å². The van der Waals surface area contributed by atoms with E-state index in [9.17, 15) is 9.59 Å². The minimum atomic E-state index is -0.797. The molecule has 1 aliphatic heterocycles. The quantitative estimate of drug-likeness (QED) is 0.731. The van der Waals surface area contributed by atoms with Crippen LogP contribution in [0.15, 0.2) is 48.8 Å². The number of fused-ring (bicyclic) bond motifs is 1. The van der Waals surface area contributed by atoms with Crippen LogP contribution in [0, 0.1) is 0 Å². The Balaban J connectivity index is 1.61. The van der Waals surface area contributed by atoms with E-state index in [0.29, 0.717) is 22.8 Å². The molecular weight excluding hydrogens is 348 g/mol. The molecule has 3 heterocycles. The zero-order valence-electron chi connectivity index (χ0n) is 14.4. The van der Waals surface area contributed by atoms with Crippen LogP contribution >= 0.6 is 0 Å². The number of hydrogen-bond acceptors (Lipinski definition) is 6. The van der Waals surface area contributed by atoms with Crippen molar-refractivity contribution in [3.8, 4) is 17.1 Å². The van der Waals surface area contributed by atoms with Gasteiger partial charge < -0.3 is 10.1 Å². The van der Waals surface area contributed by atoms with E-state index < -0.39 is 6.04 Å². The van der Waals surface area contributed by atoms with E-state index in [4.69, 9.17) is 4.74 Å². The van der Waals surface area contributed by atoms with Gasteiger partial charge in [0.25, 0.3) is 0 Å². The molecule has 0 saturated carbocycles. The van der Waals surface area contributed by atoms with Crippen molar-refractivity contribution < 1.29 is 14.3 Å². The summed E-state index contributed by atoms with van der Waals surface area (Å²) in [6.07, 6.45) is 3.24. The number of ether oxygens (including phenoxy) is 1. The molecule has 1 aliphatic rings. The molecular formula is C18H16N6O3. The highest BCUT2D eigenvalue weighted by Crippen LogP contribution is 2.27. The van der Waals surface area contributed by atoms with Gasteiger partial charge in [-0.15, -0.1) is 5.10 Å². The summed E-state index contributed by atoms with van der Waals surface area (Å²) in [6.45, 7) is 0. The smallest absolute Gasteiger partial charge is 0.249 e. The number of methoxy groups -OCH3 is 1. The van der Waals surface area contributed by atoms with Crippen LogP contribution in [0.1, 0.15) is 12.5 Å². The van der Waals surface area contributed by atoms with Crippen molar-refractivity contribution in [3.63, 3.8) is 0 Å². The predicted molar refractivity (Wildman–Crippen MR) is 97.2 cm³/mol. The molecule has 0 fully saturated rings. The molecule has 0 saturated heterocycles. The molecule has 0 radical (unpaired) electrons. The summed E-state index contributed by atoms with van der Waals surface area (Å²) in [5, 5.41) is 9.84. The van der Waals surface area contributed by atoms with Gasteiger partial charge in [0.1, 0.15) is 11.8 Å². The second kappa shape index (κ2) is 6.87. The molecule has 9 heteroatoms. The van der Waals surface area contributed by atoms with Gasteiger partial charge in [0.15, 0.2) is 5.82 Å². The Hall–Kier alpha value is -3.75. The first-order valence-corrected chi connectivity index (χ1v) is 8.26. The maximum absolute atomic E-state index is 12.8. The van der Waals surface area contributed by atoms with Crippen molar-refractivity contribution in [2.24, 2.45) is 0 Å². The van der Waals surface area contributed by atoms with Gasteiger partial charge in [-0.05, 0) is 36.4 Å². The molecule has 9 nitrogen and oxygen atoms in total. The Bertz CT molecular complexity index is 984. The molecule has 2 N–H and O–H groups in total. The molecule has 27 heavy (non-hydrogen) atoms. The highest BCUT2D eigenvalue weighted by Gasteiger charge is 2.33. The van der Waals surface area contributed by atoms with Gasteiger partial charge >= 0.3 is 0 Å². The lowest BCUT2D eigenvalue weighted by atomic mass is 10.1. The summed E-state index contributed by atoms with van der Waals surface area (Å²) in [5.74, 6) is 0.675. The fourth-order valence-electron chi connectivity index (χ4n) is 2.78. The summed E-state index contributed by atoms with van der Waals surface area (Å²) < 4.78 is 6.54. The number of hydrogen-bond donors (Lipinski definition) is 2. The lowest BCUT2D eigenvalue weighted by molar-refractivity contribution is -0.125. The van der Waals surface area contributed by atoms with E-state index in [0.717, 1.165) is 0 Å². The molecule has 1 atom stereocenters. The van der Waals surface area contributed by atoms with Crippen LogP contribution in [-0.2, 0) is 9.59 Å². The summed E-state index contributed by atoms with van der Waals surface area (Å²) in [6, 6.07) is 9.71. The number of carbonyl (C=O) groups excluding carboxylic acids is 2. The van der Waals surface area contributed by atoms with Gasteiger partial charge in [0.2, 0.25) is 17.8 Å². The van der Waals surface area contributed by atoms with Crippen LogP contribution in [0.5, 0.6) is 5.75 Å². The Morgan fingerprint density at radius 3 is 2.81 bits per heavy atom. The van der Waals surface area contributed by atoms with Crippen molar-refractivity contribution in [3.05, 3.63) is 48.8 Å². The van der Waals surface area contributed by atoms with Crippen molar-refractivity contribution in [2.75, 3.05) is 17.7 Å². The van der Waals surface area contributed by atoms with E-state index in [-0.39, 0.29) is 24.2 Å². The number of benzene rings is 1. The SMILES string of the molecule is COc1ccc(NC(=O)[C@H]2CC(=O)Nc3nc(-c4cccnc4)nn32)cc1. The molecule has 0 aliphatic carbocycles. The summed E-state index contributed by atoms with van der Waals surface area (Å²) >= 11 is 0. The third-order valence-electron chi connectivity index (χ3n) is 4.14. The van der Waals surface area contributed by atoms with Crippen molar-refractivity contribution in [1.82, 2.24) is 19.7 Å². The van der Waals surface area contributed by atoms with E-state index in [1.807, 2.05) is 6.07 Å². The standard InChI is InChI=1S/C18H16N6O3/c1-27-13-6-4-12(5-7-13)20-17(26)14-9-15(25)21-18-22-16(23-24(14)18)11-3-2-8-19-10-11/h2-8,10,14H,9H2,1H3,(H,20,26)(H,21,22,23,25)/t14-/m1/s1. The van der Waals surface area contributed by atoms with Gasteiger partial charge in [-0.2, -0.15) is 4.98 Å². The number of nitrogens with one attached hydrogen (secondary N) is 2. The third kappa shape index (κ3) is 3.34. The molecule has 136 valence electrons. The van der Waals surface area contributed by atoms with Crippen LogP contribution in [0.25, 0.3) is 11.4 Å². The minimum Gasteiger partial charge on any atom is -0.497 e. The van der Waals surface area contributed by atoms with E-state index in [2.05, 4.69) is 25.7 Å². The molecule has 1 aromatic carbocycles. The van der Waals surface area contributed by atoms with Gasteiger partial charge in [-0.3, -0.25) is 19.9 Å². The van der Waals surface area contributed by atoms with Crippen LogP contribution in [0.4, 0.5) is 11.6 Å². The summed E-state index contributed by atoms with van der Waals surface area (Å²) in [4.78, 5) is 33.1. The van der Waals surface area contributed by atoms with Crippen LogP contribution in [0.3, 0.4) is 0 Å². The van der Waals surface area contributed by atoms with Gasteiger partial charge in [0, 0.05) is 23.6 Å². The van der Waals surface area contributed by atoms with Crippen LogP contribution in [0.2, 0.25) is 0 Å². The predicted octanol–water partition coefficient (Wildman–Crippen LogP) is 1.87. The average Bonchev–Trinajstić information content (AvgIpc) is 3.12. The van der Waals surface area contributed by atoms with Gasteiger partial charge in [-0.1, -0.05) is 0 Å². The number of nitrogens with zero attached hydrogens (tertiary/aromatic N) is 4. The first-order chi connectivity index (χ1) is 13.1. The highest BCUT2D eigenvalue weighted by molar-refractivity contribution is 6.00. The maximum Gasteiger partial charge on any atom is 0.249 e. The number of anilines is 2. The van der Waals surface area contributed by atoms with Crippen LogP contribution < -0.4 is 15.4 Å². The average molecular weight is 364 g/mol. The molecule has 4 rings (SSSR count). The van der Waals surface area contributed by atoms with Crippen molar-refractivity contribution >= 4 is 23.5 Å². The Morgan fingerprint density at radius 2 is 2.11 bits per heavy atom. The molecule has 2 aromatic heterocycles. The maximum atomic E-state index is 12.8. The topological polar surface area (TPSA) is 111 Å². The second-order valence-electron chi connectivity index (χ2n) is 5.93. The first-order valence-electron chi connectivity index (χ1n) is 8.26. The Morgan fingerprint density at radius 1 is 1.30 bits per heavy atom. The number of rotatable bonds is 4. The molecule has 0 spiro atoms. The monoisotopic (exact) mass is 364 g/mol. The molecule has 3 aromatic rings. The molecule has 0 bridgehead atoms. The van der Waals surface area contributed by atoms with E-state index in [1.54, 1.807) is 49.8 Å². The number of aromatic nitrogens is 4. The first kappa shape index (κ1) is 16.7. The Labute approximate surface area is 154 Å². The van der Waals surface area contributed by atoms with Crippen LogP contribution in [-0.4, -0.2) is 38.7 Å². The van der Waals surface area contributed by atoms with Crippen molar-refractivity contribution in [2.45, 2.75) is 12.5 Å². The molecule has 2 amide bonds. The number of carbonyl (C=O) groups is 2. The lowest BCUT2D eigenvalue weighted by Crippen LogP contribution is -2.36. The molecule has 0 unspecified atom stereocenters. The van der Waals surface area contributed by atoms with E-state index >= 15 is 0 Å². The normalized spacial score (nSPS) is 15.6. The summed E-state index contributed by atoms with van der Waals surface area (Å²) in [7, 11) is 1.57. The largest absolute Gasteiger partial charge is 0.497 e. The Kier molecular flexibility index (Phi) is 4.25. The summed E-state index contributed by atoms with van der Waals surface area (Å²) in [5.41, 5.74) is 1.30. The van der Waals surface area contributed by atoms with Gasteiger partial charge in [-0.25, -0.2) is 4.68 Å². The zero-order valence-corrected chi connectivity index (χ0v) is 14.4. The fraction of sp³-hybridized carbons (Fsp3) is 0.167. The second-order valence-corrected chi connectivity index (χ2v) is 5.93. The highest BCUT2D eigenvalue weighted by atomic mass is 16.5. The number of pyridine rings is 1. The fourth-order valence-corrected chi connectivity index (χ4v) is 2.78. The van der Waals surface area contributed by atoms with Crippen molar-refractivity contribution in [1.29, 1.82) is 0 Å². The minimum absolute atomic E-state index is 0.0230. The zero-order chi connectivity index (χ0) is 18.8. The third-order valence-corrected chi connectivity index (χ3v) is 4.14. The lowest BCUT2D eigenvalue weighted by Gasteiger charge is -2.22.